The third-order valence-corrected chi connectivity index (χ3v) is 18.0. The van der Waals surface area contributed by atoms with Crippen LogP contribution in [0.1, 0.15) is 123 Å². The number of nitrogens with one attached hydrogen (secondary N) is 4. The van der Waals surface area contributed by atoms with Crippen LogP contribution < -0.4 is 21.3 Å². The Morgan fingerprint density at radius 3 is 1.82 bits per heavy atom. The molecule has 5 rings (SSSR count). The molecule has 27 heteroatoms. The maximum Gasteiger partial charge on any atom is 0.417 e. The number of hydrogen-bond acceptors (Lipinski definition) is 11. The van der Waals surface area contributed by atoms with Crippen LogP contribution in [0.2, 0.25) is 5.02 Å². The van der Waals surface area contributed by atoms with Gasteiger partial charge in [-0.1, -0.05) is 76.8 Å². The van der Waals surface area contributed by atoms with Crippen molar-refractivity contribution in [1.82, 2.24) is 55.6 Å². The minimum atomic E-state index is -4.77. The molecule has 11 amide bonds. The molecule has 492 valence electrons. The van der Waals surface area contributed by atoms with Gasteiger partial charge in [-0.25, -0.2) is 4.39 Å². The molecule has 4 N–H and O–H groups in total. The number of fused-ring (bicyclic) bond motifs is 1. The van der Waals surface area contributed by atoms with Crippen molar-refractivity contribution in [2.75, 3.05) is 61.9 Å². The summed E-state index contributed by atoms with van der Waals surface area (Å²) in [7, 11) is 8.07. The van der Waals surface area contributed by atoms with Crippen LogP contribution in [0, 0.1) is 17.7 Å². The first-order valence-electron chi connectivity index (χ1n) is 30.2. The number of hydrogen-bond donors (Lipinski definition) is 4. The van der Waals surface area contributed by atoms with Gasteiger partial charge in [0.05, 0.1) is 23.7 Å². The lowest BCUT2D eigenvalue weighted by Crippen LogP contribution is -2.64. The fourth-order valence-electron chi connectivity index (χ4n) is 11.6. The zero-order valence-corrected chi connectivity index (χ0v) is 54.0. The highest BCUT2D eigenvalue weighted by molar-refractivity contribution is 6.31. The lowest BCUT2D eigenvalue weighted by molar-refractivity contribution is -0.150. The number of amides is 11. The molecule has 22 nitrogen and oxygen atoms in total. The molecule has 3 fully saturated rings. The number of likely N-dealkylation sites (N-methyl/N-ethyl adjacent to an activating group) is 6. The lowest BCUT2D eigenvalue weighted by atomic mass is 9.92. The molecular weight excluding hydrogens is 1190 g/mol. The molecular formula is C62H88ClF4N11O11. The van der Waals surface area contributed by atoms with Gasteiger partial charge in [0.2, 0.25) is 65.0 Å². The van der Waals surface area contributed by atoms with Crippen molar-refractivity contribution in [2.24, 2.45) is 11.8 Å². The highest BCUT2D eigenvalue weighted by Crippen LogP contribution is 2.36. The van der Waals surface area contributed by atoms with Gasteiger partial charge in [-0.3, -0.25) is 52.7 Å². The van der Waals surface area contributed by atoms with Gasteiger partial charge < -0.3 is 55.6 Å². The average Bonchev–Trinajstić information content (AvgIpc) is 2.24. The average molecular weight is 1270 g/mol. The molecule has 2 saturated heterocycles. The van der Waals surface area contributed by atoms with E-state index < -0.39 is 166 Å². The van der Waals surface area contributed by atoms with Crippen LogP contribution in [0.5, 0.6) is 0 Å². The number of nitrogens with zero attached hydrogens (tertiary/aromatic N) is 7. The van der Waals surface area contributed by atoms with Crippen molar-refractivity contribution in [3.63, 3.8) is 0 Å². The molecule has 1 spiro atoms. The van der Waals surface area contributed by atoms with E-state index in [2.05, 4.69) is 21.3 Å². The zero-order valence-electron chi connectivity index (χ0n) is 53.2. The van der Waals surface area contributed by atoms with Gasteiger partial charge >= 0.3 is 6.18 Å². The van der Waals surface area contributed by atoms with Crippen LogP contribution in [0.25, 0.3) is 0 Å². The molecule has 2 heterocycles. The molecule has 2 aromatic carbocycles. The molecule has 2 aliphatic heterocycles. The monoisotopic (exact) mass is 1270 g/mol. The van der Waals surface area contributed by atoms with E-state index in [-0.39, 0.29) is 57.1 Å². The van der Waals surface area contributed by atoms with Crippen LogP contribution in [0.3, 0.4) is 0 Å². The van der Waals surface area contributed by atoms with Crippen LogP contribution in [-0.2, 0) is 71.8 Å². The number of carbonyl (C=O) groups excluding carboxylic acids is 11. The van der Waals surface area contributed by atoms with Crippen molar-refractivity contribution >= 4 is 76.6 Å². The molecule has 2 aromatic rings. The van der Waals surface area contributed by atoms with E-state index in [1.165, 1.54) is 89.0 Å². The quantitative estimate of drug-likeness (QED) is 0.275. The Bertz CT molecular complexity index is 2950. The standard InChI is InChI=1S/C62H88ClF4N11O11/c1-14-36(4)51-59(88)73(9)33-49(80)72(8)34-50(81)76(12)47(32-41-19-23-42(64)24-20-41)58(87)75(11)39(7)53(82)69-45(26-22-40-21-25-43(44(63)31-40)62(65,66)67)57(86)78-29-17-18-46(78)55(84)71-61(27-15-16-28-61)60(89)77(13)52(35(2)3)56(85)68-37(5)30-48(79)74(10)38(6)54(83)70-51/h19-21,23-25,31,35-39,45-47,51-52H,14-18,22,26-30,32-34H2,1-13H3,(H,68,85)(H,69,82)(H,70,83)(H,71,84)/t36?,37-,38+,39-,45+,46+,47+,51+,52+/m1/s1. The van der Waals surface area contributed by atoms with Crippen LogP contribution in [-0.4, -0.2) is 215 Å². The predicted molar refractivity (Wildman–Crippen MR) is 322 cm³/mol. The van der Waals surface area contributed by atoms with Crippen molar-refractivity contribution in [3.05, 3.63) is 70.0 Å². The van der Waals surface area contributed by atoms with Gasteiger partial charge in [-0.2, -0.15) is 13.2 Å². The third kappa shape index (κ3) is 17.9. The summed E-state index contributed by atoms with van der Waals surface area (Å²) in [6.07, 6.45) is -3.35. The number of alkyl halides is 3. The molecule has 0 radical (unpaired) electrons. The van der Waals surface area contributed by atoms with Crippen molar-refractivity contribution in [3.8, 4) is 0 Å². The molecule has 1 unspecified atom stereocenters. The summed E-state index contributed by atoms with van der Waals surface area (Å²) in [5.74, 6) is -9.21. The molecule has 9 atom stereocenters. The normalized spacial score (nSPS) is 26.0. The first-order valence-corrected chi connectivity index (χ1v) is 30.6. The summed E-state index contributed by atoms with van der Waals surface area (Å²) in [5.41, 5.74) is -1.94. The molecule has 1 saturated carbocycles. The number of halogens is 5. The predicted octanol–water partition coefficient (Wildman–Crippen LogP) is 3.94. The molecule has 3 aliphatic rings. The summed E-state index contributed by atoms with van der Waals surface area (Å²) in [5, 5.41) is 10.7. The third-order valence-electron chi connectivity index (χ3n) is 17.7. The van der Waals surface area contributed by atoms with Crippen molar-refractivity contribution in [2.45, 2.75) is 179 Å². The molecule has 0 aromatic heterocycles. The van der Waals surface area contributed by atoms with Crippen LogP contribution in [0.15, 0.2) is 42.5 Å². The molecule has 89 heavy (non-hydrogen) atoms. The van der Waals surface area contributed by atoms with E-state index >= 15 is 4.79 Å². The topological polar surface area (TPSA) is 259 Å². The Kier molecular flexibility index (Phi) is 25.1. The molecule has 0 bridgehead atoms. The number of aryl methyl sites for hydroxylation is 1. The number of carbonyl (C=O) groups is 11. The number of benzene rings is 2. The highest BCUT2D eigenvalue weighted by Gasteiger charge is 2.50. The minimum absolute atomic E-state index is 0.0160. The minimum Gasteiger partial charge on any atom is -0.351 e. The second kappa shape index (κ2) is 30.9. The number of rotatable bonds is 8. The van der Waals surface area contributed by atoms with E-state index in [0.29, 0.717) is 31.2 Å². The Morgan fingerprint density at radius 1 is 0.652 bits per heavy atom. The van der Waals surface area contributed by atoms with Gasteiger partial charge in [0.1, 0.15) is 53.6 Å². The van der Waals surface area contributed by atoms with Crippen LogP contribution in [0.4, 0.5) is 17.6 Å². The fourth-order valence-corrected chi connectivity index (χ4v) is 11.9. The summed E-state index contributed by atoms with van der Waals surface area (Å²) in [4.78, 5) is 166. The van der Waals surface area contributed by atoms with E-state index in [1.807, 2.05) is 0 Å². The zero-order chi connectivity index (χ0) is 66.7. The van der Waals surface area contributed by atoms with E-state index in [9.17, 15) is 65.5 Å². The summed E-state index contributed by atoms with van der Waals surface area (Å²) in [6, 6.07) is -1.53. The largest absolute Gasteiger partial charge is 0.417 e. The lowest BCUT2D eigenvalue weighted by Gasteiger charge is -2.39. The Morgan fingerprint density at radius 2 is 1.24 bits per heavy atom. The summed E-state index contributed by atoms with van der Waals surface area (Å²) in [6.45, 7) is 10.2. The first kappa shape index (κ1) is 72.4. The van der Waals surface area contributed by atoms with Gasteiger partial charge in [0.25, 0.3) is 0 Å². The van der Waals surface area contributed by atoms with Crippen molar-refractivity contribution < 1.29 is 70.3 Å². The molecule has 1 aliphatic carbocycles. The van der Waals surface area contributed by atoms with Gasteiger partial charge in [-0.15, -0.1) is 0 Å². The van der Waals surface area contributed by atoms with Gasteiger partial charge in [0.15, 0.2) is 0 Å². The Hall–Kier alpha value is -7.38. The van der Waals surface area contributed by atoms with Gasteiger partial charge in [-0.05, 0) is 107 Å². The summed E-state index contributed by atoms with van der Waals surface area (Å²) >= 11 is 6.10. The Balaban J connectivity index is 1.56. The van der Waals surface area contributed by atoms with Crippen LogP contribution >= 0.6 is 11.6 Å². The maximum atomic E-state index is 15.0. The van der Waals surface area contributed by atoms with E-state index in [0.717, 1.165) is 43.9 Å². The fraction of sp³-hybridized carbons (Fsp3) is 0.629. The van der Waals surface area contributed by atoms with Crippen molar-refractivity contribution in [1.29, 1.82) is 0 Å². The van der Waals surface area contributed by atoms with Gasteiger partial charge in [0, 0.05) is 67.7 Å². The first-order chi connectivity index (χ1) is 41.5. The maximum absolute atomic E-state index is 15.0. The highest BCUT2D eigenvalue weighted by atomic mass is 35.5. The van der Waals surface area contributed by atoms with E-state index in [4.69, 9.17) is 11.6 Å². The SMILES string of the molecule is CCC(C)[C@@H]1NC(=O)[C@H](C)N(C)C(=O)C[C@@H](C)NC(=O)[C@H](C(C)C)N(C)C(=O)C2(CCCC2)NC(=O)[C@@H]2CCCN2C(=O)[C@H](CCc2ccc(C(F)(F)F)c(Cl)c2)NC(=O)[C@@H](C)N(C)C(=O)[C@H](Cc2ccc(F)cc2)N(C)C(=O)CN(C)C(=O)CN(C)C1=O. The van der Waals surface area contributed by atoms with E-state index in [1.54, 1.807) is 34.6 Å². The second-order valence-corrected chi connectivity index (χ2v) is 25.0. The Labute approximate surface area is 523 Å². The smallest absolute Gasteiger partial charge is 0.351 e. The summed E-state index contributed by atoms with van der Waals surface area (Å²) < 4.78 is 55.5. The second-order valence-electron chi connectivity index (χ2n) is 24.6.